The van der Waals surface area contributed by atoms with Crippen molar-refractivity contribution in [2.24, 2.45) is 0 Å². The highest BCUT2D eigenvalue weighted by molar-refractivity contribution is 7.26. The molecule has 0 aliphatic rings. The van der Waals surface area contributed by atoms with Crippen LogP contribution >= 0.6 is 11.3 Å². The van der Waals surface area contributed by atoms with Crippen molar-refractivity contribution < 1.29 is 0 Å². The van der Waals surface area contributed by atoms with E-state index in [1.54, 1.807) is 0 Å². The second-order valence-electron chi connectivity index (χ2n) is 13.5. The summed E-state index contributed by atoms with van der Waals surface area (Å²) in [5.74, 6) is 0. The summed E-state index contributed by atoms with van der Waals surface area (Å²) in [4.78, 5) is 14.9. The molecule has 0 saturated carbocycles. The Balaban J connectivity index is 1.20. The minimum atomic E-state index is 0.928. The van der Waals surface area contributed by atoms with Crippen molar-refractivity contribution in [1.82, 2.24) is 15.0 Å². The molecule has 0 spiro atoms. The van der Waals surface area contributed by atoms with Gasteiger partial charge in [-0.1, -0.05) is 127 Å². The lowest BCUT2D eigenvalue weighted by atomic mass is 9.86. The summed E-state index contributed by atoms with van der Waals surface area (Å²) in [6.07, 6.45) is 3.64. The third-order valence-corrected chi connectivity index (χ3v) is 11.8. The van der Waals surface area contributed by atoms with Crippen molar-refractivity contribution in [2.75, 3.05) is 0 Å². The number of aromatic nitrogens is 3. The van der Waals surface area contributed by atoms with Gasteiger partial charge in [0.1, 0.15) is 0 Å². The van der Waals surface area contributed by atoms with E-state index in [-0.39, 0.29) is 0 Å². The number of pyridine rings is 3. The van der Waals surface area contributed by atoms with Crippen molar-refractivity contribution in [2.45, 2.75) is 0 Å². The van der Waals surface area contributed by atoms with E-state index in [9.17, 15) is 0 Å². The molecule has 0 unspecified atom stereocenters. The molecule has 0 N–H and O–H groups in total. The molecule has 0 fully saturated rings. The molecular formula is C49H29N3S. The van der Waals surface area contributed by atoms with Crippen molar-refractivity contribution in [3.8, 4) is 44.9 Å². The van der Waals surface area contributed by atoms with Crippen LogP contribution in [0.2, 0.25) is 0 Å². The van der Waals surface area contributed by atoms with Gasteiger partial charge in [-0.3, -0.25) is 4.98 Å². The SMILES string of the molecule is c1ccc(-c2nc3cc(-c4c5ccccc5c(-c5cccc(-c6ccncc6)n5)c5ccccc45)ccc3c3c2ccc2c4ccccc4sc23)cc1. The number of benzene rings is 7. The summed E-state index contributed by atoms with van der Waals surface area (Å²) in [7, 11) is 0. The molecule has 0 amide bonds. The lowest BCUT2D eigenvalue weighted by molar-refractivity contribution is 1.29. The standard InChI is InChI=1S/C49H29N3S/c1-2-11-31(12-3-1)48-40-24-23-38-33-13-8-9-20-44(33)53-49(38)47(40)39-22-21-32(29-43(39)52-48)45-34-14-4-6-16-36(34)46(37-17-7-5-15-35(37)45)42-19-10-18-41(51-42)30-25-27-50-28-26-30/h1-29H. The molecule has 0 bridgehead atoms. The quantitative estimate of drug-likeness (QED) is 0.136. The van der Waals surface area contributed by atoms with E-state index < -0.39 is 0 Å². The molecule has 246 valence electrons. The number of nitrogens with zero attached hydrogens (tertiary/aromatic N) is 3. The van der Waals surface area contributed by atoms with Crippen LogP contribution < -0.4 is 0 Å². The van der Waals surface area contributed by atoms with Crippen molar-refractivity contribution in [3.05, 3.63) is 176 Å². The molecule has 53 heavy (non-hydrogen) atoms. The van der Waals surface area contributed by atoms with Gasteiger partial charge in [-0.15, -0.1) is 11.3 Å². The van der Waals surface area contributed by atoms with Crippen molar-refractivity contribution in [3.63, 3.8) is 0 Å². The van der Waals surface area contributed by atoms with Crippen LogP contribution in [0.4, 0.5) is 0 Å². The summed E-state index contributed by atoms with van der Waals surface area (Å²) < 4.78 is 2.61. The van der Waals surface area contributed by atoms with E-state index in [0.29, 0.717) is 0 Å². The zero-order valence-corrected chi connectivity index (χ0v) is 29.3. The predicted molar refractivity (Wildman–Crippen MR) is 224 cm³/mol. The number of thiophene rings is 1. The number of rotatable bonds is 4. The fraction of sp³-hybridized carbons (Fsp3) is 0. The highest BCUT2D eigenvalue weighted by atomic mass is 32.1. The van der Waals surface area contributed by atoms with Crippen LogP contribution in [0.25, 0.3) is 108 Å². The Labute approximate surface area is 309 Å². The fourth-order valence-electron chi connectivity index (χ4n) is 8.21. The molecule has 4 heteroatoms. The van der Waals surface area contributed by atoms with E-state index in [1.165, 1.54) is 63.4 Å². The Bertz CT molecular complexity index is 3170. The summed E-state index contributed by atoms with van der Waals surface area (Å²) in [5, 5.41) is 10.9. The van der Waals surface area contributed by atoms with Gasteiger partial charge in [0.05, 0.1) is 22.6 Å². The lowest BCUT2D eigenvalue weighted by Gasteiger charge is -2.18. The smallest absolute Gasteiger partial charge is 0.0788 e. The minimum absolute atomic E-state index is 0.928. The van der Waals surface area contributed by atoms with Gasteiger partial charge in [0.15, 0.2) is 0 Å². The first kappa shape index (κ1) is 29.9. The molecule has 0 aliphatic carbocycles. The second kappa shape index (κ2) is 11.9. The van der Waals surface area contributed by atoms with Crippen LogP contribution in [0, 0.1) is 0 Å². The van der Waals surface area contributed by atoms with Crippen LogP contribution in [0.15, 0.2) is 176 Å². The van der Waals surface area contributed by atoms with Crippen LogP contribution in [0.1, 0.15) is 0 Å². The van der Waals surface area contributed by atoms with Gasteiger partial charge in [-0.05, 0) is 69.1 Å². The molecule has 11 rings (SSSR count). The predicted octanol–water partition coefficient (Wildman–Crippen LogP) is 13.5. The molecule has 11 aromatic rings. The Hall–Kier alpha value is -6.75. The number of hydrogen-bond donors (Lipinski definition) is 0. The molecule has 0 aliphatic heterocycles. The maximum atomic E-state index is 5.47. The third-order valence-electron chi connectivity index (χ3n) is 10.6. The van der Waals surface area contributed by atoms with E-state index in [1.807, 2.05) is 35.9 Å². The first-order valence-electron chi connectivity index (χ1n) is 17.8. The Morgan fingerprint density at radius 3 is 1.75 bits per heavy atom. The van der Waals surface area contributed by atoms with Gasteiger partial charge in [0.2, 0.25) is 0 Å². The summed E-state index contributed by atoms with van der Waals surface area (Å²) in [6.45, 7) is 0. The maximum absolute atomic E-state index is 5.47. The molecule has 4 aromatic heterocycles. The van der Waals surface area contributed by atoms with Crippen molar-refractivity contribution >= 4 is 74.7 Å². The van der Waals surface area contributed by atoms with Crippen molar-refractivity contribution in [1.29, 1.82) is 0 Å². The fourth-order valence-corrected chi connectivity index (χ4v) is 9.48. The minimum Gasteiger partial charge on any atom is -0.265 e. The first-order valence-corrected chi connectivity index (χ1v) is 18.7. The van der Waals surface area contributed by atoms with E-state index >= 15 is 0 Å². The molecule has 4 heterocycles. The van der Waals surface area contributed by atoms with Gasteiger partial charge in [-0.2, -0.15) is 0 Å². The summed E-state index contributed by atoms with van der Waals surface area (Å²) in [5.41, 5.74) is 9.52. The van der Waals surface area contributed by atoms with Crippen LogP contribution in [0.3, 0.4) is 0 Å². The average molecular weight is 692 g/mol. The first-order chi connectivity index (χ1) is 26.3. The maximum Gasteiger partial charge on any atom is 0.0788 e. The van der Waals surface area contributed by atoms with Gasteiger partial charge < -0.3 is 0 Å². The van der Waals surface area contributed by atoms with Gasteiger partial charge >= 0.3 is 0 Å². The third kappa shape index (κ3) is 4.70. The largest absolute Gasteiger partial charge is 0.265 e. The number of fused-ring (bicyclic) bond motifs is 9. The zero-order valence-electron chi connectivity index (χ0n) is 28.5. The van der Waals surface area contributed by atoms with Crippen LogP contribution in [0.5, 0.6) is 0 Å². The van der Waals surface area contributed by atoms with Crippen LogP contribution in [-0.4, -0.2) is 15.0 Å². The highest BCUT2D eigenvalue weighted by Crippen LogP contribution is 2.46. The van der Waals surface area contributed by atoms with Crippen LogP contribution in [-0.2, 0) is 0 Å². The zero-order chi connectivity index (χ0) is 34.9. The Morgan fingerprint density at radius 2 is 1.00 bits per heavy atom. The average Bonchev–Trinajstić information content (AvgIpc) is 3.62. The van der Waals surface area contributed by atoms with E-state index in [2.05, 4.69) is 157 Å². The Kier molecular flexibility index (Phi) is 6.73. The normalized spacial score (nSPS) is 11.8. The van der Waals surface area contributed by atoms with E-state index in [4.69, 9.17) is 9.97 Å². The van der Waals surface area contributed by atoms with Gasteiger partial charge in [0, 0.05) is 65.4 Å². The molecule has 7 aromatic carbocycles. The van der Waals surface area contributed by atoms with Gasteiger partial charge in [-0.25, -0.2) is 9.97 Å². The molecular weight excluding hydrogens is 663 g/mol. The topological polar surface area (TPSA) is 38.7 Å². The summed E-state index contributed by atoms with van der Waals surface area (Å²) >= 11 is 1.88. The molecule has 3 nitrogen and oxygen atoms in total. The lowest BCUT2D eigenvalue weighted by Crippen LogP contribution is -1.94. The highest BCUT2D eigenvalue weighted by Gasteiger charge is 2.20. The molecule has 0 atom stereocenters. The van der Waals surface area contributed by atoms with E-state index in [0.717, 1.165) is 44.9 Å². The monoisotopic (exact) mass is 691 g/mol. The Morgan fingerprint density at radius 1 is 0.377 bits per heavy atom. The summed E-state index contributed by atoms with van der Waals surface area (Å²) in [6, 6.07) is 58.7. The second-order valence-corrected chi connectivity index (χ2v) is 14.6. The number of hydrogen-bond acceptors (Lipinski definition) is 4. The molecule has 0 saturated heterocycles. The van der Waals surface area contributed by atoms with Gasteiger partial charge in [0.25, 0.3) is 0 Å². The molecule has 0 radical (unpaired) electrons.